The van der Waals surface area contributed by atoms with Crippen LogP contribution in [0.3, 0.4) is 0 Å². The molecule has 3 amide bonds. The van der Waals surface area contributed by atoms with Crippen LogP contribution in [0, 0.1) is 17.2 Å². The standard InChI is InChI=1S/C29H32N5O7P/c1-19(2)14-25(28(36)32-18-22-4-3-13-31-17-22)34-29(37)26(33-27(35)23-9-5-21(16-30)6-10-23)15-20-7-11-24(12-8-20)41-42(38,39)40/h3-13,17,19,25-26H,14-15,18H2,1-2H3,(H,32,36)(H,33,35)(H,34,37)(H2,38,39,40). The molecule has 0 saturated carbocycles. The molecule has 0 radical (unpaired) electrons. The van der Waals surface area contributed by atoms with Gasteiger partial charge in [0.05, 0.1) is 11.6 Å². The van der Waals surface area contributed by atoms with Crippen molar-refractivity contribution in [1.82, 2.24) is 20.9 Å². The van der Waals surface area contributed by atoms with Gasteiger partial charge in [0.1, 0.15) is 17.8 Å². The summed E-state index contributed by atoms with van der Waals surface area (Å²) in [7, 11) is -4.75. The highest BCUT2D eigenvalue weighted by Gasteiger charge is 2.28. The smallest absolute Gasteiger partial charge is 0.404 e. The molecule has 0 fully saturated rings. The van der Waals surface area contributed by atoms with Crippen LogP contribution in [0.15, 0.2) is 73.1 Å². The molecular formula is C29H32N5O7P. The van der Waals surface area contributed by atoms with E-state index in [4.69, 9.17) is 15.0 Å². The predicted molar refractivity (Wildman–Crippen MR) is 153 cm³/mol. The van der Waals surface area contributed by atoms with Gasteiger partial charge >= 0.3 is 7.82 Å². The number of hydrogen-bond donors (Lipinski definition) is 5. The molecule has 0 saturated heterocycles. The van der Waals surface area contributed by atoms with E-state index in [1.54, 1.807) is 18.5 Å². The lowest BCUT2D eigenvalue weighted by Crippen LogP contribution is -2.54. The van der Waals surface area contributed by atoms with Crippen molar-refractivity contribution in [3.05, 3.63) is 95.3 Å². The molecule has 1 heterocycles. The maximum absolute atomic E-state index is 13.6. The molecule has 1 aromatic heterocycles. The van der Waals surface area contributed by atoms with E-state index in [2.05, 4.69) is 25.5 Å². The largest absolute Gasteiger partial charge is 0.524 e. The number of phosphoric ester groups is 1. The molecule has 2 atom stereocenters. The summed E-state index contributed by atoms with van der Waals surface area (Å²) < 4.78 is 15.7. The second-order valence-electron chi connectivity index (χ2n) is 9.91. The lowest BCUT2D eigenvalue weighted by atomic mass is 10.0. The van der Waals surface area contributed by atoms with Crippen LogP contribution < -0.4 is 20.5 Å². The molecule has 2 unspecified atom stereocenters. The molecule has 0 aliphatic carbocycles. The first-order chi connectivity index (χ1) is 19.9. The number of aromatic nitrogens is 1. The number of benzene rings is 2. The highest BCUT2D eigenvalue weighted by molar-refractivity contribution is 7.46. The fourth-order valence-electron chi connectivity index (χ4n) is 4.00. The van der Waals surface area contributed by atoms with Crippen molar-refractivity contribution in [1.29, 1.82) is 5.26 Å². The number of carbonyl (C=O) groups is 3. The number of amides is 3. The molecule has 0 aliphatic rings. The van der Waals surface area contributed by atoms with Gasteiger partial charge in [-0.3, -0.25) is 29.2 Å². The molecule has 2 aromatic carbocycles. The number of rotatable bonds is 13. The number of pyridine rings is 1. The van der Waals surface area contributed by atoms with Gasteiger partial charge in [-0.1, -0.05) is 32.0 Å². The fourth-order valence-corrected chi connectivity index (χ4v) is 4.39. The number of nitrogens with one attached hydrogen (secondary N) is 3. The first-order valence-corrected chi connectivity index (χ1v) is 14.6. The van der Waals surface area contributed by atoms with Crippen LogP contribution in [-0.2, 0) is 27.1 Å². The van der Waals surface area contributed by atoms with Crippen LogP contribution >= 0.6 is 7.82 Å². The van der Waals surface area contributed by atoms with Crippen molar-refractivity contribution in [3.63, 3.8) is 0 Å². The molecule has 5 N–H and O–H groups in total. The van der Waals surface area contributed by atoms with E-state index in [0.29, 0.717) is 17.5 Å². The van der Waals surface area contributed by atoms with Crippen molar-refractivity contribution in [2.24, 2.45) is 5.92 Å². The lowest BCUT2D eigenvalue weighted by molar-refractivity contribution is -0.130. The first kappa shape index (κ1) is 32.0. The number of nitrogens with zero attached hydrogens (tertiary/aromatic N) is 2. The summed E-state index contributed by atoms with van der Waals surface area (Å²) in [6.45, 7) is 4.05. The Morgan fingerprint density at radius 2 is 1.64 bits per heavy atom. The lowest BCUT2D eigenvalue weighted by Gasteiger charge is -2.24. The van der Waals surface area contributed by atoms with Gasteiger partial charge in [-0.2, -0.15) is 5.26 Å². The van der Waals surface area contributed by atoms with Gasteiger partial charge in [0.15, 0.2) is 0 Å². The van der Waals surface area contributed by atoms with E-state index in [0.717, 1.165) is 5.56 Å². The summed E-state index contributed by atoms with van der Waals surface area (Å²) in [5.41, 5.74) is 1.94. The maximum Gasteiger partial charge on any atom is 0.524 e. The van der Waals surface area contributed by atoms with E-state index in [9.17, 15) is 18.9 Å². The minimum atomic E-state index is -4.75. The monoisotopic (exact) mass is 593 g/mol. The summed E-state index contributed by atoms with van der Waals surface area (Å²) in [6.07, 6.45) is 3.59. The number of hydrogen-bond acceptors (Lipinski definition) is 7. The quantitative estimate of drug-likeness (QED) is 0.185. The Balaban J connectivity index is 1.80. The molecule has 3 rings (SSSR count). The molecule has 220 valence electrons. The first-order valence-electron chi connectivity index (χ1n) is 13.1. The summed E-state index contributed by atoms with van der Waals surface area (Å²) in [4.78, 5) is 61.8. The Bertz CT molecular complexity index is 1450. The van der Waals surface area contributed by atoms with Gasteiger partial charge in [-0.15, -0.1) is 0 Å². The van der Waals surface area contributed by atoms with E-state index < -0.39 is 37.6 Å². The van der Waals surface area contributed by atoms with Gasteiger partial charge in [0.2, 0.25) is 11.8 Å². The van der Waals surface area contributed by atoms with Crippen LogP contribution in [-0.4, -0.2) is 44.6 Å². The van der Waals surface area contributed by atoms with Crippen LogP contribution in [0.1, 0.15) is 47.3 Å². The van der Waals surface area contributed by atoms with Gasteiger partial charge < -0.3 is 20.5 Å². The Morgan fingerprint density at radius 1 is 0.952 bits per heavy atom. The summed E-state index contributed by atoms with van der Waals surface area (Å²) >= 11 is 0. The van der Waals surface area contributed by atoms with Crippen LogP contribution in [0.25, 0.3) is 0 Å². The topological polar surface area (TPSA) is 191 Å². The van der Waals surface area contributed by atoms with Crippen molar-refractivity contribution in [2.75, 3.05) is 0 Å². The molecule has 3 aromatic rings. The molecule has 0 spiro atoms. The van der Waals surface area contributed by atoms with Gasteiger partial charge in [0.25, 0.3) is 5.91 Å². The number of nitriles is 1. The molecule has 0 aliphatic heterocycles. The van der Waals surface area contributed by atoms with E-state index in [1.807, 2.05) is 26.0 Å². The number of phosphoric acid groups is 1. The zero-order chi connectivity index (χ0) is 30.7. The van der Waals surface area contributed by atoms with Gasteiger partial charge in [0, 0.05) is 30.9 Å². The Labute approximate surface area is 243 Å². The maximum atomic E-state index is 13.6. The van der Waals surface area contributed by atoms with Gasteiger partial charge in [-0.05, 0) is 65.9 Å². The third-order valence-corrected chi connectivity index (χ3v) is 6.46. The third kappa shape index (κ3) is 10.4. The van der Waals surface area contributed by atoms with Crippen molar-refractivity contribution in [3.8, 4) is 11.8 Å². The normalized spacial score (nSPS) is 12.5. The zero-order valence-corrected chi connectivity index (χ0v) is 24.0. The Morgan fingerprint density at radius 3 is 2.21 bits per heavy atom. The predicted octanol–water partition coefficient (Wildman–Crippen LogP) is 2.61. The summed E-state index contributed by atoms with van der Waals surface area (Å²) in [5.74, 6) is -1.57. The van der Waals surface area contributed by atoms with Crippen LogP contribution in [0.4, 0.5) is 0 Å². The molecule has 13 heteroatoms. The summed E-state index contributed by atoms with van der Waals surface area (Å²) in [5, 5.41) is 17.3. The molecule has 0 bridgehead atoms. The minimum Gasteiger partial charge on any atom is -0.404 e. The molecule has 42 heavy (non-hydrogen) atoms. The van der Waals surface area contributed by atoms with Crippen molar-refractivity contribution in [2.45, 2.75) is 45.3 Å². The minimum absolute atomic E-state index is 0.00422. The highest BCUT2D eigenvalue weighted by atomic mass is 31.2. The van der Waals surface area contributed by atoms with Crippen LogP contribution in [0.2, 0.25) is 0 Å². The highest BCUT2D eigenvalue weighted by Crippen LogP contribution is 2.37. The SMILES string of the molecule is CC(C)CC(NC(=O)C(Cc1ccc(OP(=O)(O)O)cc1)NC(=O)c1ccc(C#N)cc1)C(=O)NCc1cccnc1. The van der Waals surface area contributed by atoms with Crippen LogP contribution in [0.5, 0.6) is 5.75 Å². The number of carbonyl (C=O) groups excluding carboxylic acids is 3. The second-order valence-corrected chi connectivity index (χ2v) is 11.1. The third-order valence-electron chi connectivity index (χ3n) is 6.02. The Hall–Kier alpha value is -4.56. The van der Waals surface area contributed by atoms with Crippen molar-refractivity contribution >= 4 is 25.5 Å². The van der Waals surface area contributed by atoms with E-state index >= 15 is 0 Å². The molecule has 12 nitrogen and oxygen atoms in total. The molecular weight excluding hydrogens is 561 g/mol. The average Bonchev–Trinajstić information content (AvgIpc) is 2.95. The van der Waals surface area contributed by atoms with Crippen molar-refractivity contribution < 1.29 is 33.3 Å². The fraction of sp³-hybridized carbons (Fsp3) is 0.276. The zero-order valence-electron chi connectivity index (χ0n) is 23.1. The Kier molecular flexibility index (Phi) is 11.3. The second kappa shape index (κ2) is 14.9. The average molecular weight is 594 g/mol. The van der Waals surface area contributed by atoms with E-state index in [-0.39, 0.29) is 30.2 Å². The van der Waals surface area contributed by atoms with E-state index in [1.165, 1.54) is 48.5 Å². The summed E-state index contributed by atoms with van der Waals surface area (Å²) in [6, 6.07) is 15.1. The van der Waals surface area contributed by atoms with Gasteiger partial charge in [-0.25, -0.2) is 4.57 Å².